The van der Waals surface area contributed by atoms with Crippen molar-refractivity contribution >= 4 is 22.7 Å². The second-order valence-corrected chi connectivity index (χ2v) is 4.53. The minimum atomic E-state index is -0.437. The van der Waals surface area contributed by atoms with Crippen LogP contribution in [0.2, 0.25) is 0 Å². The molecule has 0 aliphatic rings. The lowest BCUT2D eigenvalue weighted by Gasteiger charge is -2.20. The van der Waals surface area contributed by atoms with Gasteiger partial charge >= 0.3 is 0 Å². The molecule has 0 spiro atoms. The third-order valence-electron chi connectivity index (χ3n) is 3.09. The molecule has 0 saturated heterocycles. The molecular weight excluding hydrogens is 256 g/mol. The van der Waals surface area contributed by atoms with Crippen LogP contribution in [-0.4, -0.2) is 12.0 Å². The van der Waals surface area contributed by atoms with Gasteiger partial charge in [-0.1, -0.05) is 17.7 Å². The number of nitrogens with zero attached hydrogens (tertiary/aromatic N) is 2. The number of anilines is 3. The van der Waals surface area contributed by atoms with E-state index < -0.39 is 4.92 Å². The number of nitrogens with two attached hydrogens (primary N) is 1. The van der Waals surface area contributed by atoms with Crippen LogP contribution < -0.4 is 16.2 Å². The van der Waals surface area contributed by atoms with Gasteiger partial charge in [0, 0.05) is 30.6 Å². The zero-order valence-electron chi connectivity index (χ0n) is 11.3. The summed E-state index contributed by atoms with van der Waals surface area (Å²) in [5.74, 6) is 5.36. The van der Waals surface area contributed by atoms with Crippen molar-refractivity contribution in [2.24, 2.45) is 5.84 Å². The molecule has 0 unspecified atom stereocenters. The van der Waals surface area contributed by atoms with E-state index in [1.807, 2.05) is 43.1 Å². The average Bonchev–Trinajstić information content (AvgIpc) is 2.46. The highest BCUT2D eigenvalue weighted by Crippen LogP contribution is 2.30. The van der Waals surface area contributed by atoms with E-state index in [4.69, 9.17) is 5.84 Å². The maximum atomic E-state index is 10.9. The van der Waals surface area contributed by atoms with Gasteiger partial charge in [0.25, 0.3) is 5.69 Å². The van der Waals surface area contributed by atoms with E-state index >= 15 is 0 Å². The molecule has 6 nitrogen and oxygen atoms in total. The Morgan fingerprint density at radius 2 is 1.80 bits per heavy atom. The van der Waals surface area contributed by atoms with Gasteiger partial charge in [0.05, 0.1) is 10.6 Å². The summed E-state index contributed by atoms with van der Waals surface area (Å²) in [4.78, 5) is 12.4. The Labute approximate surface area is 116 Å². The number of rotatable bonds is 4. The molecule has 20 heavy (non-hydrogen) atoms. The third kappa shape index (κ3) is 2.86. The molecule has 0 bridgehead atoms. The van der Waals surface area contributed by atoms with Crippen molar-refractivity contribution in [3.05, 3.63) is 58.1 Å². The highest BCUT2D eigenvalue weighted by Gasteiger charge is 2.12. The Hall–Kier alpha value is -2.60. The Morgan fingerprint density at radius 1 is 1.15 bits per heavy atom. The molecule has 0 radical (unpaired) electrons. The topological polar surface area (TPSA) is 84.4 Å². The predicted octanol–water partition coefficient (Wildman–Crippen LogP) is 2.96. The minimum Gasteiger partial charge on any atom is -0.344 e. The monoisotopic (exact) mass is 272 g/mol. The summed E-state index contributed by atoms with van der Waals surface area (Å²) in [7, 11) is 1.85. The fourth-order valence-corrected chi connectivity index (χ4v) is 1.89. The van der Waals surface area contributed by atoms with Gasteiger partial charge in [-0.3, -0.25) is 16.0 Å². The molecule has 0 atom stereocenters. The number of nitro benzene ring substituents is 1. The van der Waals surface area contributed by atoms with Gasteiger partial charge in [-0.2, -0.15) is 0 Å². The molecule has 0 aromatic heterocycles. The third-order valence-corrected chi connectivity index (χ3v) is 3.09. The van der Waals surface area contributed by atoms with Crippen molar-refractivity contribution in [1.29, 1.82) is 0 Å². The molecule has 0 heterocycles. The first-order valence-corrected chi connectivity index (χ1v) is 6.08. The number of nitrogens with one attached hydrogen (secondary N) is 1. The second kappa shape index (κ2) is 5.58. The van der Waals surface area contributed by atoms with E-state index in [-0.39, 0.29) is 5.69 Å². The number of aryl methyl sites for hydroxylation is 1. The van der Waals surface area contributed by atoms with Gasteiger partial charge in [-0.15, -0.1) is 0 Å². The van der Waals surface area contributed by atoms with Crippen LogP contribution in [0.15, 0.2) is 42.5 Å². The van der Waals surface area contributed by atoms with Crippen LogP contribution >= 0.6 is 0 Å². The summed E-state index contributed by atoms with van der Waals surface area (Å²) in [6.45, 7) is 2.01. The molecule has 0 aliphatic heterocycles. The molecule has 2 aromatic carbocycles. The quantitative estimate of drug-likeness (QED) is 0.508. The lowest BCUT2D eigenvalue weighted by molar-refractivity contribution is -0.384. The number of non-ortho nitro benzene ring substituents is 1. The lowest BCUT2D eigenvalue weighted by atomic mass is 10.2. The molecular formula is C14H16N4O2. The first-order valence-electron chi connectivity index (χ1n) is 6.08. The van der Waals surface area contributed by atoms with Crippen molar-refractivity contribution in [1.82, 2.24) is 0 Å². The summed E-state index contributed by atoms with van der Waals surface area (Å²) >= 11 is 0. The van der Waals surface area contributed by atoms with Crippen LogP contribution in [0.5, 0.6) is 0 Å². The van der Waals surface area contributed by atoms with E-state index in [1.165, 1.54) is 12.1 Å². The Bertz CT molecular complexity index is 626. The van der Waals surface area contributed by atoms with Gasteiger partial charge in [-0.05, 0) is 25.1 Å². The zero-order chi connectivity index (χ0) is 14.7. The van der Waals surface area contributed by atoms with Crippen molar-refractivity contribution in [2.75, 3.05) is 17.4 Å². The van der Waals surface area contributed by atoms with Crippen molar-refractivity contribution in [2.45, 2.75) is 6.92 Å². The van der Waals surface area contributed by atoms with Crippen LogP contribution in [0.1, 0.15) is 5.56 Å². The highest BCUT2D eigenvalue weighted by molar-refractivity contribution is 5.70. The van der Waals surface area contributed by atoms with Crippen LogP contribution in [0, 0.1) is 17.0 Å². The number of nitro groups is 1. The molecule has 6 heteroatoms. The molecule has 2 aromatic rings. The maximum absolute atomic E-state index is 10.9. The van der Waals surface area contributed by atoms with Crippen LogP contribution in [0.25, 0.3) is 0 Å². The molecule has 104 valence electrons. The van der Waals surface area contributed by atoms with Crippen LogP contribution in [-0.2, 0) is 0 Å². The summed E-state index contributed by atoms with van der Waals surface area (Å²) in [6, 6.07) is 12.6. The summed E-state index contributed by atoms with van der Waals surface area (Å²) in [5, 5.41) is 10.9. The molecule has 0 aliphatic carbocycles. The standard InChI is InChI=1S/C14H16N4O2/c1-10-3-5-12(6-4-10)17(2)13-7-11(16-15)8-14(9-13)18(19)20/h3-9,16H,15H2,1-2H3. The van der Waals surface area contributed by atoms with Gasteiger partial charge in [-0.25, -0.2) is 0 Å². The number of nitrogen functional groups attached to an aromatic ring is 1. The number of hydrazine groups is 1. The smallest absolute Gasteiger partial charge is 0.273 e. The fraction of sp³-hybridized carbons (Fsp3) is 0.143. The second-order valence-electron chi connectivity index (χ2n) is 4.53. The van der Waals surface area contributed by atoms with Crippen LogP contribution in [0.3, 0.4) is 0 Å². The molecule has 0 fully saturated rings. The van der Waals surface area contributed by atoms with Gasteiger partial charge < -0.3 is 10.3 Å². The lowest BCUT2D eigenvalue weighted by Crippen LogP contribution is -2.12. The maximum Gasteiger partial charge on any atom is 0.273 e. The first kappa shape index (κ1) is 13.8. The molecule has 3 N–H and O–H groups in total. The van der Waals surface area contributed by atoms with E-state index in [0.29, 0.717) is 11.4 Å². The Kier molecular flexibility index (Phi) is 3.86. The number of benzene rings is 2. The van der Waals surface area contributed by atoms with E-state index in [1.54, 1.807) is 6.07 Å². The van der Waals surface area contributed by atoms with E-state index in [9.17, 15) is 10.1 Å². The Morgan fingerprint density at radius 3 is 2.35 bits per heavy atom. The molecule has 0 amide bonds. The predicted molar refractivity (Wildman–Crippen MR) is 80.1 cm³/mol. The highest BCUT2D eigenvalue weighted by atomic mass is 16.6. The van der Waals surface area contributed by atoms with Crippen molar-refractivity contribution < 1.29 is 4.92 Å². The fourth-order valence-electron chi connectivity index (χ4n) is 1.89. The van der Waals surface area contributed by atoms with Crippen molar-refractivity contribution in [3.63, 3.8) is 0 Å². The van der Waals surface area contributed by atoms with Gasteiger partial charge in [0.15, 0.2) is 0 Å². The van der Waals surface area contributed by atoms with Gasteiger partial charge in [0.1, 0.15) is 0 Å². The normalized spacial score (nSPS) is 10.2. The largest absolute Gasteiger partial charge is 0.344 e. The zero-order valence-corrected chi connectivity index (χ0v) is 11.3. The van der Waals surface area contributed by atoms with Crippen LogP contribution in [0.4, 0.5) is 22.7 Å². The average molecular weight is 272 g/mol. The van der Waals surface area contributed by atoms with E-state index in [2.05, 4.69) is 5.43 Å². The number of hydrogen-bond acceptors (Lipinski definition) is 5. The number of hydrogen-bond donors (Lipinski definition) is 2. The summed E-state index contributed by atoms with van der Waals surface area (Å²) in [6.07, 6.45) is 0. The summed E-state index contributed by atoms with van der Waals surface area (Å²) in [5.41, 5.74) is 5.73. The van der Waals surface area contributed by atoms with Gasteiger partial charge in [0.2, 0.25) is 0 Å². The van der Waals surface area contributed by atoms with E-state index in [0.717, 1.165) is 11.3 Å². The van der Waals surface area contributed by atoms with Crippen molar-refractivity contribution in [3.8, 4) is 0 Å². The minimum absolute atomic E-state index is 0.00517. The Balaban J connectivity index is 2.42. The SMILES string of the molecule is Cc1ccc(N(C)c2cc(NN)cc([N+](=O)[O-])c2)cc1. The molecule has 2 rings (SSSR count). The summed E-state index contributed by atoms with van der Waals surface area (Å²) < 4.78 is 0. The first-order chi connectivity index (χ1) is 9.51. The molecule has 0 saturated carbocycles.